The van der Waals surface area contributed by atoms with Gasteiger partial charge in [0.2, 0.25) is 0 Å². The van der Waals surface area contributed by atoms with E-state index in [0.717, 1.165) is 24.4 Å². The van der Waals surface area contributed by atoms with Crippen LogP contribution in [0.5, 0.6) is 5.75 Å². The maximum absolute atomic E-state index is 11.3. The Hall–Kier alpha value is -1.75. The number of urea groups is 1. The van der Waals surface area contributed by atoms with Crippen molar-refractivity contribution in [3.8, 4) is 5.75 Å². The lowest BCUT2D eigenvalue weighted by atomic mass is 10.2. The van der Waals surface area contributed by atoms with Crippen molar-refractivity contribution in [3.63, 3.8) is 0 Å². The molecule has 17 heavy (non-hydrogen) atoms. The molecule has 92 valence electrons. The van der Waals surface area contributed by atoms with Crippen molar-refractivity contribution in [1.82, 2.24) is 10.2 Å². The second-order valence-corrected chi connectivity index (χ2v) is 3.92. The number of nitrogens with zero attached hydrogens (tertiary/aromatic N) is 1. The van der Waals surface area contributed by atoms with Gasteiger partial charge in [0, 0.05) is 19.6 Å². The van der Waals surface area contributed by atoms with Gasteiger partial charge in [-0.05, 0) is 17.7 Å². The van der Waals surface area contributed by atoms with Crippen LogP contribution in [0.3, 0.4) is 0 Å². The number of carbonyl (C=O) groups is 1. The third-order valence-corrected chi connectivity index (χ3v) is 2.71. The minimum absolute atomic E-state index is 0.00990. The van der Waals surface area contributed by atoms with Crippen LogP contribution in [0.25, 0.3) is 0 Å². The maximum atomic E-state index is 11.3. The quantitative estimate of drug-likeness (QED) is 0.783. The largest absolute Gasteiger partial charge is 0.492 e. The normalized spacial score (nSPS) is 14.9. The average Bonchev–Trinajstić information content (AvgIpc) is 2.76. The van der Waals surface area contributed by atoms with Gasteiger partial charge in [0.15, 0.2) is 0 Å². The first-order chi connectivity index (χ1) is 8.29. The first-order valence-electron chi connectivity index (χ1n) is 5.74. The Kier molecular flexibility index (Phi) is 3.82. The van der Waals surface area contributed by atoms with Crippen molar-refractivity contribution in [2.45, 2.75) is 6.54 Å². The number of hydrogen-bond donors (Lipinski definition) is 2. The van der Waals surface area contributed by atoms with Crippen LogP contribution in [0.1, 0.15) is 5.56 Å². The molecule has 0 bridgehead atoms. The lowest BCUT2D eigenvalue weighted by Crippen LogP contribution is -2.31. The van der Waals surface area contributed by atoms with Crippen molar-refractivity contribution in [3.05, 3.63) is 29.8 Å². The van der Waals surface area contributed by atoms with Gasteiger partial charge >= 0.3 is 6.03 Å². The van der Waals surface area contributed by atoms with Gasteiger partial charge in [-0.3, -0.25) is 0 Å². The Morgan fingerprint density at radius 2 is 2.35 bits per heavy atom. The molecule has 0 saturated carbocycles. The van der Waals surface area contributed by atoms with Gasteiger partial charge < -0.3 is 20.7 Å². The van der Waals surface area contributed by atoms with Crippen molar-refractivity contribution in [2.75, 3.05) is 26.2 Å². The first-order valence-corrected chi connectivity index (χ1v) is 5.74. The van der Waals surface area contributed by atoms with Crippen LogP contribution in [0.4, 0.5) is 4.79 Å². The number of carbonyl (C=O) groups excluding carboxylic acids is 1. The highest BCUT2D eigenvalue weighted by Gasteiger charge is 2.18. The first kappa shape index (κ1) is 11.7. The highest BCUT2D eigenvalue weighted by Crippen LogP contribution is 2.12. The van der Waals surface area contributed by atoms with Gasteiger partial charge in [0.25, 0.3) is 0 Å². The van der Waals surface area contributed by atoms with Crippen LogP contribution >= 0.6 is 0 Å². The number of ether oxygens (including phenoxy) is 1. The van der Waals surface area contributed by atoms with Crippen molar-refractivity contribution in [1.29, 1.82) is 0 Å². The molecule has 2 amide bonds. The van der Waals surface area contributed by atoms with E-state index in [1.165, 1.54) is 0 Å². The summed E-state index contributed by atoms with van der Waals surface area (Å²) in [6, 6.07) is 7.68. The van der Waals surface area contributed by atoms with E-state index in [2.05, 4.69) is 5.32 Å². The van der Waals surface area contributed by atoms with Gasteiger partial charge in [-0.15, -0.1) is 0 Å². The molecular formula is C12H17N3O2. The molecule has 1 aliphatic heterocycles. The lowest BCUT2D eigenvalue weighted by molar-refractivity contribution is 0.202. The van der Waals surface area contributed by atoms with Crippen molar-refractivity contribution < 1.29 is 9.53 Å². The van der Waals surface area contributed by atoms with Gasteiger partial charge in [-0.1, -0.05) is 12.1 Å². The topological polar surface area (TPSA) is 67.6 Å². The van der Waals surface area contributed by atoms with E-state index in [-0.39, 0.29) is 6.03 Å². The molecule has 0 spiro atoms. The highest BCUT2D eigenvalue weighted by molar-refractivity contribution is 5.76. The Morgan fingerprint density at radius 1 is 1.47 bits per heavy atom. The third kappa shape index (κ3) is 3.10. The summed E-state index contributed by atoms with van der Waals surface area (Å²) in [5.74, 6) is 0.799. The molecule has 1 fully saturated rings. The van der Waals surface area contributed by atoms with Crippen LogP contribution in [0, 0.1) is 0 Å². The summed E-state index contributed by atoms with van der Waals surface area (Å²) in [7, 11) is 0. The van der Waals surface area contributed by atoms with Gasteiger partial charge in [0.05, 0.1) is 6.54 Å². The minimum Gasteiger partial charge on any atom is -0.492 e. The Labute approximate surface area is 101 Å². The fourth-order valence-corrected chi connectivity index (χ4v) is 1.76. The number of nitrogens with one attached hydrogen (secondary N) is 1. The molecule has 1 heterocycles. The average molecular weight is 235 g/mol. The van der Waals surface area contributed by atoms with Crippen LogP contribution in [-0.4, -0.2) is 37.2 Å². The summed E-state index contributed by atoms with van der Waals surface area (Å²) in [5.41, 5.74) is 6.59. The molecule has 0 atom stereocenters. The molecule has 1 saturated heterocycles. The van der Waals surface area contributed by atoms with Crippen molar-refractivity contribution in [2.24, 2.45) is 5.73 Å². The molecule has 5 nitrogen and oxygen atoms in total. The van der Waals surface area contributed by atoms with E-state index in [1.54, 1.807) is 4.90 Å². The molecule has 0 aromatic heterocycles. The lowest BCUT2D eigenvalue weighted by Gasteiger charge is -2.14. The van der Waals surface area contributed by atoms with Crippen LogP contribution in [0.15, 0.2) is 24.3 Å². The highest BCUT2D eigenvalue weighted by atomic mass is 16.5. The van der Waals surface area contributed by atoms with Crippen molar-refractivity contribution >= 4 is 6.03 Å². The zero-order chi connectivity index (χ0) is 12.1. The van der Waals surface area contributed by atoms with E-state index in [1.807, 2.05) is 24.3 Å². The molecule has 2 rings (SSSR count). The number of hydrogen-bond acceptors (Lipinski definition) is 3. The smallest absolute Gasteiger partial charge is 0.317 e. The van der Waals surface area contributed by atoms with E-state index in [9.17, 15) is 4.79 Å². The molecule has 5 heteroatoms. The van der Waals surface area contributed by atoms with Gasteiger partial charge in [-0.2, -0.15) is 0 Å². The van der Waals surface area contributed by atoms with Gasteiger partial charge in [0.1, 0.15) is 12.4 Å². The Morgan fingerprint density at radius 3 is 3.06 bits per heavy atom. The van der Waals surface area contributed by atoms with Gasteiger partial charge in [-0.25, -0.2) is 4.79 Å². The predicted octanol–water partition coefficient (Wildman–Crippen LogP) is 0.549. The Bertz CT molecular complexity index is 395. The van der Waals surface area contributed by atoms with E-state index < -0.39 is 0 Å². The molecule has 3 N–H and O–H groups in total. The van der Waals surface area contributed by atoms with Crippen LogP contribution < -0.4 is 15.8 Å². The number of nitrogens with two attached hydrogens (primary N) is 1. The number of rotatable bonds is 5. The summed E-state index contributed by atoms with van der Waals surface area (Å²) in [6.45, 7) is 3.10. The summed E-state index contributed by atoms with van der Waals surface area (Å²) in [4.78, 5) is 13.0. The zero-order valence-corrected chi connectivity index (χ0v) is 9.69. The summed E-state index contributed by atoms with van der Waals surface area (Å²) in [6.07, 6.45) is 0. The van der Waals surface area contributed by atoms with E-state index >= 15 is 0 Å². The zero-order valence-electron chi connectivity index (χ0n) is 9.69. The number of amides is 2. The molecular weight excluding hydrogens is 218 g/mol. The molecule has 0 unspecified atom stereocenters. The minimum atomic E-state index is -0.00990. The van der Waals surface area contributed by atoms with Crippen LogP contribution in [0.2, 0.25) is 0 Å². The number of benzene rings is 1. The second kappa shape index (κ2) is 5.54. The molecule has 0 radical (unpaired) electrons. The fraction of sp³-hybridized carbons (Fsp3) is 0.417. The Balaban J connectivity index is 1.79. The molecule has 0 aliphatic carbocycles. The fourth-order valence-electron chi connectivity index (χ4n) is 1.76. The standard InChI is InChI=1S/C12H17N3O2/c13-9-10-2-1-3-11(8-10)17-7-6-15-5-4-14-12(15)16/h1-3,8H,4-7,9,13H2,(H,14,16). The summed E-state index contributed by atoms with van der Waals surface area (Å²) in [5, 5.41) is 2.75. The predicted molar refractivity (Wildman–Crippen MR) is 64.8 cm³/mol. The molecule has 1 aromatic carbocycles. The second-order valence-electron chi connectivity index (χ2n) is 3.92. The monoisotopic (exact) mass is 235 g/mol. The maximum Gasteiger partial charge on any atom is 0.317 e. The van der Waals surface area contributed by atoms with E-state index in [4.69, 9.17) is 10.5 Å². The molecule has 1 aliphatic rings. The SMILES string of the molecule is NCc1cccc(OCCN2CCNC2=O)c1. The summed E-state index contributed by atoms with van der Waals surface area (Å²) < 4.78 is 5.58. The van der Waals surface area contributed by atoms with Crippen LogP contribution in [-0.2, 0) is 6.54 Å². The third-order valence-electron chi connectivity index (χ3n) is 2.71. The summed E-state index contributed by atoms with van der Waals surface area (Å²) >= 11 is 0. The van der Waals surface area contributed by atoms with E-state index in [0.29, 0.717) is 19.7 Å². The molecule has 1 aromatic rings.